The lowest BCUT2D eigenvalue weighted by Crippen LogP contribution is -2.36. The largest absolute Gasteiger partial charge is 0.504 e. The molecule has 0 aliphatic carbocycles. The number of nitrogens with zero attached hydrogens (tertiary/aromatic N) is 1. The summed E-state index contributed by atoms with van der Waals surface area (Å²) in [6.45, 7) is 8.21. The smallest absolute Gasteiger partial charge is 0.161 e. The third-order valence-corrected chi connectivity index (χ3v) is 3.27. The molecule has 0 aliphatic heterocycles. The van der Waals surface area contributed by atoms with Crippen LogP contribution in [0.25, 0.3) is 0 Å². The Balaban J connectivity index is 3.16. The maximum atomic E-state index is 9.74. The monoisotopic (exact) mass is 282 g/mol. The normalized spacial score (nSPS) is 12.4. The third kappa shape index (κ3) is 3.81. The van der Waals surface area contributed by atoms with Crippen LogP contribution in [0.3, 0.4) is 0 Å². The Morgan fingerprint density at radius 3 is 2.47 bits per heavy atom. The quantitative estimate of drug-likeness (QED) is 0.752. The zero-order valence-corrected chi connectivity index (χ0v) is 12.5. The van der Waals surface area contributed by atoms with Gasteiger partial charge in [-0.25, -0.2) is 0 Å². The Morgan fingerprint density at radius 1 is 1.37 bits per heavy atom. The average molecular weight is 282 g/mol. The molecule has 0 aromatic heterocycles. The van der Waals surface area contributed by atoms with Gasteiger partial charge >= 0.3 is 0 Å². The molecule has 0 radical (unpaired) electrons. The molecule has 0 bridgehead atoms. The SMILES string of the molecule is CCOc1cc(C(C(N)=S)N(CC)CC)ccc1O. The van der Waals surface area contributed by atoms with E-state index in [4.69, 9.17) is 22.7 Å². The maximum absolute atomic E-state index is 9.74. The molecule has 3 N–H and O–H groups in total. The van der Waals surface area contributed by atoms with Crippen LogP contribution in [-0.2, 0) is 0 Å². The Kier molecular flexibility index (Phi) is 6.05. The number of hydrogen-bond acceptors (Lipinski definition) is 4. The van der Waals surface area contributed by atoms with Crippen molar-refractivity contribution in [2.24, 2.45) is 5.73 Å². The van der Waals surface area contributed by atoms with E-state index in [2.05, 4.69) is 18.7 Å². The fourth-order valence-corrected chi connectivity index (χ4v) is 2.40. The van der Waals surface area contributed by atoms with Crippen molar-refractivity contribution in [2.45, 2.75) is 26.8 Å². The number of likely N-dealkylation sites (N-methyl/N-ethyl adjacent to an activating group) is 1. The van der Waals surface area contributed by atoms with E-state index >= 15 is 0 Å². The van der Waals surface area contributed by atoms with Crippen molar-refractivity contribution in [3.05, 3.63) is 23.8 Å². The van der Waals surface area contributed by atoms with Gasteiger partial charge in [-0.2, -0.15) is 0 Å². The topological polar surface area (TPSA) is 58.7 Å². The van der Waals surface area contributed by atoms with Crippen LogP contribution in [0.2, 0.25) is 0 Å². The van der Waals surface area contributed by atoms with Crippen molar-refractivity contribution in [2.75, 3.05) is 19.7 Å². The number of aromatic hydroxyl groups is 1. The molecule has 0 fully saturated rings. The zero-order chi connectivity index (χ0) is 14.4. The van der Waals surface area contributed by atoms with Gasteiger partial charge in [0.1, 0.15) is 0 Å². The number of phenolic OH excluding ortho intramolecular Hbond substituents is 1. The molecule has 19 heavy (non-hydrogen) atoms. The third-order valence-electron chi connectivity index (χ3n) is 3.05. The van der Waals surface area contributed by atoms with E-state index in [1.54, 1.807) is 12.1 Å². The van der Waals surface area contributed by atoms with Crippen molar-refractivity contribution in [3.63, 3.8) is 0 Å². The Bertz CT molecular complexity index is 433. The lowest BCUT2D eigenvalue weighted by atomic mass is 10.0. The van der Waals surface area contributed by atoms with Gasteiger partial charge in [0.15, 0.2) is 11.5 Å². The summed E-state index contributed by atoms with van der Waals surface area (Å²) in [4.78, 5) is 2.60. The molecule has 5 heteroatoms. The summed E-state index contributed by atoms with van der Waals surface area (Å²) in [5.74, 6) is 0.597. The summed E-state index contributed by atoms with van der Waals surface area (Å²) in [5, 5.41) is 9.74. The highest BCUT2D eigenvalue weighted by molar-refractivity contribution is 7.80. The predicted molar refractivity (Wildman–Crippen MR) is 81.7 cm³/mol. The number of rotatable bonds is 7. The van der Waals surface area contributed by atoms with Crippen LogP contribution in [0.15, 0.2) is 18.2 Å². The van der Waals surface area contributed by atoms with Crippen molar-refractivity contribution >= 4 is 17.2 Å². The summed E-state index contributed by atoms with van der Waals surface area (Å²) in [6, 6.07) is 5.13. The first-order valence-electron chi connectivity index (χ1n) is 6.54. The molecule has 0 saturated carbocycles. The standard InChI is InChI=1S/C14H22N2O2S/c1-4-16(5-2)13(14(15)19)10-7-8-11(17)12(9-10)18-6-3/h7-9,13,17H,4-6H2,1-3H3,(H2,15,19). The minimum atomic E-state index is -0.134. The highest BCUT2D eigenvalue weighted by Crippen LogP contribution is 2.31. The van der Waals surface area contributed by atoms with E-state index in [0.717, 1.165) is 18.7 Å². The molecule has 0 amide bonds. The molecular weight excluding hydrogens is 260 g/mol. The molecule has 1 unspecified atom stereocenters. The fraction of sp³-hybridized carbons (Fsp3) is 0.500. The highest BCUT2D eigenvalue weighted by Gasteiger charge is 2.21. The van der Waals surface area contributed by atoms with Crippen LogP contribution in [0.4, 0.5) is 0 Å². The minimum absolute atomic E-state index is 0.131. The van der Waals surface area contributed by atoms with E-state index < -0.39 is 0 Å². The molecule has 0 aliphatic rings. The number of benzene rings is 1. The Labute approximate surface area is 120 Å². The summed E-state index contributed by atoms with van der Waals surface area (Å²) < 4.78 is 5.40. The van der Waals surface area contributed by atoms with Crippen molar-refractivity contribution in [1.29, 1.82) is 0 Å². The second kappa shape index (κ2) is 7.31. The Morgan fingerprint density at radius 2 is 2.00 bits per heavy atom. The predicted octanol–water partition coefficient (Wildman–Crippen LogP) is 2.46. The van der Waals surface area contributed by atoms with Crippen molar-refractivity contribution < 1.29 is 9.84 Å². The van der Waals surface area contributed by atoms with Gasteiger partial charge < -0.3 is 15.6 Å². The maximum Gasteiger partial charge on any atom is 0.161 e. The van der Waals surface area contributed by atoms with Crippen LogP contribution in [-0.4, -0.2) is 34.7 Å². The second-order valence-electron chi connectivity index (χ2n) is 4.19. The Hall–Kier alpha value is -1.33. The van der Waals surface area contributed by atoms with Gasteiger partial charge in [-0.05, 0) is 37.7 Å². The van der Waals surface area contributed by atoms with Crippen LogP contribution in [0.5, 0.6) is 11.5 Å². The van der Waals surface area contributed by atoms with Gasteiger partial charge in [0.05, 0.1) is 17.6 Å². The average Bonchev–Trinajstić information content (AvgIpc) is 2.38. The molecule has 0 saturated heterocycles. The van der Waals surface area contributed by atoms with Gasteiger partial charge in [0.25, 0.3) is 0 Å². The van der Waals surface area contributed by atoms with E-state index in [0.29, 0.717) is 17.3 Å². The van der Waals surface area contributed by atoms with E-state index in [1.807, 2.05) is 13.0 Å². The van der Waals surface area contributed by atoms with Gasteiger partial charge in [0, 0.05) is 0 Å². The zero-order valence-electron chi connectivity index (χ0n) is 11.7. The minimum Gasteiger partial charge on any atom is -0.504 e. The van der Waals surface area contributed by atoms with Gasteiger partial charge in [-0.1, -0.05) is 32.1 Å². The molecule has 1 aromatic carbocycles. The lowest BCUT2D eigenvalue weighted by molar-refractivity contribution is 0.270. The number of phenols is 1. The van der Waals surface area contributed by atoms with E-state index in [-0.39, 0.29) is 11.8 Å². The summed E-state index contributed by atoms with van der Waals surface area (Å²) in [6.07, 6.45) is 0. The fourth-order valence-electron chi connectivity index (χ4n) is 2.12. The van der Waals surface area contributed by atoms with E-state index in [1.165, 1.54) is 0 Å². The number of thiocarbonyl (C=S) groups is 1. The highest BCUT2D eigenvalue weighted by atomic mass is 32.1. The number of hydrogen-bond donors (Lipinski definition) is 2. The molecular formula is C14H22N2O2S. The number of ether oxygens (including phenoxy) is 1. The molecule has 106 valence electrons. The molecule has 1 aromatic rings. The van der Waals surface area contributed by atoms with Crippen LogP contribution < -0.4 is 10.5 Å². The lowest BCUT2D eigenvalue weighted by Gasteiger charge is -2.29. The summed E-state index contributed by atoms with van der Waals surface area (Å²) in [5.41, 5.74) is 6.81. The first kappa shape index (κ1) is 15.7. The first-order valence-corrected chi connectivity index (χ1v) is 6.94. The van der Waals surface area contributed by atoms with Gasteiger partial charge in [-0.3, -0.25) is 4.90 Å². The van der Waals surface area contributed by atoms with Gasteiger partial charge in [-0.15, -0.1) is 0 Å². The number of nitrogens with two attached hydrogens (primary N) is 1. The van der Waals surface area contributed by atoms with Crippen molar-refractivity contribution in [3.8, 4) is 11.5 Å². The molecule has 0 heterocycles. The summed E-state index contributed by atoms with van der Waals surface area (Å²) in [7, 11) is 0. The molecule has 1 rings (SSSR count). The van der Waals surface area contributed by atoms with E-state index in [9.17, 15) is 5.11 Å². The molecule has 1 atom stereocenters. The van der Waals surface area contributed by atoms with Crippen molar-refractivity contribution in [1.82, 2.24) is 4.90 Å². The van der Waals surface area contributed by atoms with Crippen LogP contribution in [0, 0.1) is 0 Å². The first-order chi connectivity index (χ1) is 9.04. The summed E-state index contributed by atoms with van der Waals surface area (Å²) >= 11 is 5.18. The molecule has 0 spiro atoms. The van der Waals surface area contributed by atoms with Crippen LogP contribution >= 0.6 is 12.2 Å². The van der Waals surface area contributed by atoms with Gasteiger partial charge in [0.2, 0.25) is 0 Å². The van der Waals surface area contributed by atoms with Crippen LogP contribution in [0.1, 0.15) is 32.4 Å². The second-order valence-corrected chi connectivity index (χ2v) is 4.66. The molecule has 4 nitrogen and oxygen atoms in total.